The number of carbonyl (C=O) groups excluding carboxylic acids is 2. The van der Waals surface area contributed by atoms with Crippen molar-refractivity contribution < 1.29 is 14.7 Å². The molecule has 2 atom stereocenters. The molecule has 0 radical (unpaired) electrons. The zero-order chi connectivity index (χ0) is 14.9. The van der Waals surface area contributed by atoms with Crippen LogP contribution in [0.1, 0.15) is 33.1 Å². The van der Waals surface area contributed by atoms with Gasteiger partial charge in [0.15, 0.2) is 0 Å². The number of thioether (sulfide) groups is 1. The summed E-state index contributed by atoms with van der Waals surface area (Å²) in [6, 6.07) is -1.34. The Morgan fingerprint density at radius 1 is 1.47 bits per heavy atom. The van der Waals surface area contributed by atoms with Gasteiger partial charge in [0.25, 0.3) is 0 Å². The van der Waals surface area contributed by atoms with Crippen LogP contribution in [0.3, 0.4) is 0 Å². The number of aliphatic hydroxyl groups excluding tert-OH is 1. The molecule has 0 heterocycles. The first-order valence-electron chi connectivity index (χ1n) is 6.36. The van der Waals surface area contributed by atoms with Crippen LogP contribution in [0.15, 0.2) is 0 Å². The van der Waals surface area contributed by atoms with Crippen LogP contribution in [-0.2, 0) is 4.79 Å². The van der Waals surface area contributed by atoms with Crippen molar-refractivity contribution in [3.63, 3.8) is 0 Å². The lowest BCUT2D eigenvalue weighted by Gasteiger charge is -2.31. The summed E-state index contributed by atoms with van der Waals surface area (Å²) in [5.41, 5.74) is 4.61. The van der Waals surface area contributed by atoms with Crippen LogP contribution < -0.4 is 16.4 Å². The molecule has 0 aliphatic heterocycles. The normalized spacial score (nSPS) is 15.4. The van der Waals surface area contributed by atoms with E-state index in [2.05, 4.69) is 10.6 Å². The second kappa shape index (κ2) is 9.03. The highest BCUT2D eigenvalue weighted by Crippen LogP contribution is 2.14. The summed E-state index contributed by atoms with van der Waals surface area (Å²) in [5, 5.41) is 14.4. The quantitative estimate of drug-likeness (QED) is 0.495. The van der Waals surface area contributed by atoms with Gasteiger partial charge in [0, 0.05) is 12.1 Å². The molecule has 0 rings (SSSR count). The van der Waals surface area contributed by atoms with Gasteiger partial charge in [-0.1, -0.05) is 6.92 Å². The van der Waals surface area contributed by atoms with Crippen molar-refractivity contribution in [2.24, 2.45) is 5.73 Å². The molecule has 0 aliphatic carbocycles. The zero-order valence-electron chi connectivity index (χ0n) is 11.9. The van der Waals surface area contributed by atoms with E-state index in [-0.39, 0.29) is 12.5 Å². The van der Waals surface area contributed by atoms with E-state index in [9.17, 15) is 9.59 Å². The number of hydrogen-bond donors (Lipinski definition) is 4. The summed E-state index contributed by atoms with van der Waals surface area (Å²) in [7, 11) is 0. The average molecular weight is 291 g/mol. The molecule has 5 N–H and O–H groups in total. The van der Waals surface area contributed by atoms with E-state index in [0.717, 1.165) is 5.75 Å². The Kier molecular flexibility index (Phi) is 8.58. The fourth-order valence-electron chi connectivity index (χ4n) is 1.64. The van der Waals surface area contributed by atoms with E-state index in [0.29, 0.717) is 19.3 Å². The van der Waals surface area contributed by atoms with E-state index < -0.39 is 17.6 Å². The second-order valence-corrected chi connectivity index (χ2v) is 5.71. The maximum absolute atomic E-state index is 12.2. The lowest BCUT2D eigenvalue weighted by molar-refractivity contribution is -0.125. The monoisotopic (exact) mass is 291 g/mol. The van der Waals surface area contributed by atoms with Crippen LogP contribution in [0.5, 0.6) is 0 Å². The molecule has 6 nitrogen and oxygen atoms in total. The molecule has 0 bridgehead atoms. The Morgan fingerprint density at radius 2 is 2.11 bits per heavy atom. The third kappa shape index (κ3) is 7.27. The second-order valence-electron chi connectivity index (χ2n) is 4.72. The maximum atomic E-state index is 12.2. The average Bonchev–Trinajstić information content (AvgIpc) is 2.34. The Labute approximate surface area is 118 Å². The van der Waals surface area contributed by atoms with E-state index in [1.165, 1.54) is 0 Å². The van der Waals surface area contributed by atoms with Gasteiger partial charge in [-0.15, -0.1) is 0 Å². The highest BCUT2D eigenvalue weighted by molar-refractivity contribution is 7.98. The SMILES string of the molecule is CCC(C)(CCO)NC(=O)C(CCSC)NC(N)=O. The Balaban J connectivity index is 4.64. The minimum Gasteiger partial charge on any atom is -0.396 e. The van der Waals surface area contributed by atoms with Crippen LogP contribution in [0.2, 0.25) is 0 Å². The first kappa shape index (κ1) is 18.0. The summed E-state index contributed by atoms with van der Waals surface area (Å²) in [6.07, 6.45) is 3.63. The first-order valence-corrected chi connectivity index (χ1v) is 7.75. The Hall–Kier alpha value is -0.950. The van der Waals surface area contributed by atoms with Gasteiger partial charge in [0.05, 0.1) is 0 Å². The molecule has 0 aromatic rings. The van der Waals surface area contributed by atoms with Crippen molar-refractivity contribution in [2.75, 3.05) is 18.6 Å². The van der Waals surface area contributed by atoms with Gasteiger partial charge in [-0.25, -0.2) is 4.79 Å². The predicted molar refractivity (Wildman–Crippen MR) is 78.0 cm³/mol. The molecule has 3 amide bonds. The number of rotatable bonds is 9. The fourth-order valence-corrected chi connectivity index (χ4v) is 2.11. The third-order valence-electron chi connectivity index (χ3n) is 3.11. The lowest BCUT2D eigenvalue weighted by atomic mass is 9.94. The molecule has 0 fully saturated rings. The summed E-state index contributed by atoms with van der Waals surface area (Å²) in [5.74, 6) is 0.493. The molecule has 2 unspecified atom stereocenters. The zero-order valence-corrected chi connectivity index (χ0v) is 12.7. The molecule has 0 spiro atoms. The number of hydrogen-bond acceptors (Lipinski definition) is 4. The van der Waals surface area contributed by atoms with Gasteiger partial charge in [0.2, 0.25) is 5.91 Å². The third-order valence-corrected chi connectivity index (χ3v) is 3.76. The van der Waals surface area contributed by atoms with Gasteiger partial charge in [0.1, 0.15) is 6.04 Å². The van der Waals surface area contributed by atoms with Crippen molar-refractivity contribution in [3.8, 4) is 0 Å². The van der Waals surface area contributed by atoms with E-state index in [1.807, 2.05) is 20.1 Å². The number of primary amides is 1. The molecule has 112 valence electrons. The summed E-state index contributed by atoms with van der Waals surface area (Å²) < 4.78 is 0. The number of urea groups is 1. The minimum absolute atomic E-state index is 0.00332. The lowest BCUT2D eigenvalue weighted by Crippen LogP contribution is -2.55. The van der Waals surface area contributed by atoms with E-state index in [4.69, 9.17) is 10.8 Å². The van der Waals surface area contributed by atoms with E-state index >= 15 is 0 Å². The predicted octanol–water partition coefficient (Wildman–Crippen LogP) is 0.444. The fraction of sp³-hybridized carbons (Fsp3) is 0.833. The van der Waals surface area contributed by atoms with E-state index in [1.54, 1.807) is 11.8 Å². The smallest absolute Gasteiger partial charge is 0.312 e. The highest BCUT2D eigenvalue weighted by atomic mass is 32.2. The molecular formula is C12H25N3O3S. The molecular weight excluding hydrogens is 266 g/mol. The van der Waals surface area contributed by atoms with Crippen LogP contribution in [-0.4, -0.2) is 47.2 Å². The summed E-state index contributed by atoms with van der Waals surface area (Å²) >= 11 is 1.60. The summed E-state index contributed by atoms with van der Waals surface area (Å²) in [4.78, 5) is 23.1. The maximum Gasteiger partial charge on any atom is 0.312 e. The minimum atomic E-state index is -0.707. The van der Waals surface area contributed by atoms with Crippen molar-refractivity contribution in [2.45, 2.75) is 44.7 Å². The molecule has 0 saturated heterocycles. The summed E-state index contributed by atoms with van der Waals surface area (Å²) in [6.45, 7) is 3.81. The molecule has 19 heavy (non-hydrogen) atoms. The van der Waals surface area contributed by atoms with Gasteiger partial charge < -0.3 is 21.5 Å². The number of amides is 3. The van der Waals surface area contributed by atoms with Crippen molar-refractivity contribution in [1.29, 1.82) is 0 Å². The van der Waals surface area contributed by atoms with Crippen LogP contribution in [0.25, 0.3) is 0 Å². The van der Waals surface area contributed by atoms with Crippen molar-refractivity contribution in [3.05, 3.63) is 0 Å². The number of aliphatic hydroxyl groups is 1. The molecule has 0 saturated carbocycles. The van der Waals surface area contributed by atoms with Gasteiger partial charge >= 0.3 is 6.03 Å². The van der Waals surface area contributed by atoms with Gasteiger partial charge in [-0.05, 0) is 38.2 Å². The number of carbonyl (C=O) groups is 2. The Morgan fingerprint density at radius 3 is 2.53 bits per heavy atom. The van der Waals surface area contributed by atoms with Gasteiger partial charge in [-0.2, -0.15) is 11.8 Å². The topological polar surface area (TPSA) is 104 Å². The molecule has 0 aromatic carbocycles. The van der Waals surface area contributed by atoms with Crippen LogP contribution in [0.4, 0.5) is 4.79 Å². The molecule has 0 aliphatic rings. The first-order chi connectivity index (χ1) is 8.88. The standard InChI is InChI=1S/C12H25N3O3S/c1-4-12(2,6-7-16)15-10(17)9(5-8-19-3)14-11(13)18/h9,16H,4-8H2,1-3H3,(H,15,17)(H3,13,14,18). The highest BCUT2D eigenvalue weighted by Gasteiger charge is 2.28. The Bertz CT molecular complexity index is 302. The van der Waals surface area contributed by atoms with Crippen LogP contribution >= 0.6 is 11.8 Å². The molecule has 0 aromatic heterocycles. The van der Waals surface area contributed by atoms with Crippen molar-refractivity contribution >= 4 is 23.7 Å². The largest absolute Gasteiger partial charge is 0.396 e. The van der Waals surface area contributed by atoms with Crippen LogP contribution in [0, 0.1) is 0 Å². The number of nitrogens with one attached hydrogen (secondary N) is 2. The van der Waals surface area contributed by atoms with Crippen molar-refractivity contribution in [1.82, 2.24) is 10.6 Å². The molecule has 7 heteroatoms. The van der Waals surface area contributed by atoms with Gasteiger partial charge in [-0.3, -0.25) is 4.79 Å². The number of nitrogens with two attached hydrogens (primary N) is 1.